The lowest BCUT2D eigenvalue weighted by molar-refractivity contribution is -0.181. The number of ether oxygens (including phenoxy) is 3. The lowest BCUT2D eigenvalue weighted by atomic mass is 9.58. The van der Waals surface area contributed by atoms with Crippen molar-refractivity contribution in [3.63, 3.8) is 0 Å². The molecular formula is C24H36O6. The van der Waals surface area contributed by atoms with Gasteiger partial charge in [0, 0.05) is 32.1 Å². The highest BCUT2D eigenvalue weighted by Gasteiger charge is 2.63. The Hall–Kier alpha value is -1.69. The highest BCUT2D eigenvalue weighted by molar-refractivity contribution is 5.94. The average molecular weight is 421 g/mol. The fourth-order valence-electron chi connectivity index (χ4n) is 6.21. The molecular weight excluding hydrogens is 384 g/mol. The lowest BCUT2D eigenvalue weighted by Gasteiger charge is -2.50. The van der Waals surface area contributed by atoms with Crippen molar-refractivity contribution < 1.29 is 28.6 Å². The van der Waals surface area contributed by atoms with Gasteiger partial charge in [0.05, 0.1) is 6.10 Å². The molecule has 0 aromatic carbocycles. The summed E-state index contributed by atoms with van der Waals surface area (Å²) in [5.41, 5.74) is -0.959. The molecule has 7 atom stereocenters. The molecule has 0 spiro atoms. The van der Waals surface area contributed by atoms with Crippen molar-refractivity contribution >= 4 is 17.7 Å². The van der Waals surface area contributed by atoms with E-state index in [1.54, 1.807) is 0 Å². The molecule has 2 bridgehead atoms. The number of hydrogen-bond acceptors (Lipinski definition) is 6. The number of esters is 2. The number of allylic oxidation sites excluding steroid dienone is 1. The summed E-state index contributed by atoms with van der Waals surface area (Å²) < 4.78 is 18.4. The van der Waals surface area contributed by atoms with E-state index >= 15 is 0 Å². The Kier molecular flexibility index (Phi) is 6.21. The Morgan fingerprint density at radius 3 is 2.27 bits per heavy atom. The van der Waals surface area contributed by atoms with Crippen LogP contribution < -0.4 is 0 Å². The average Bonchev–Trinajstić information content (AvgIpc) is 3.00. The molecule has 0 radical (unpaired) electrons. The number of Topliss-reactive ketones (excluding diaryl/α,β-unsaturated/α-hetero) is 1. The van der Waals surface area contributed by atoms with Crippen molar-refractivity contribution in [3.05, 3.63) is 11.6 Å². The van der Waals surface area contributed by atoms with Crippen LogP contribution in [-0.2, 0) is 28.6 Å². The number of rotatable bonds is 3. The van der Waals surface area contributed by atoms with Crippen molar-refractivity contribution in [2.24, 2.45) is 23.7 Å². The summed E-state index contributed by atoms with van der Waals surface area (Å²) in [6, 6.07) is 0. The van der Waals surface area contributed by atoms with E-state index in [0.717, 1.165) is 12.8 Å². The van der Waals surface area contributed by atoms with E-state index in [-0.39, 0.29) is 41.8 Å². The van der Waals surface area contributed by atoms with E-state index in [1.807, 2.05) is 26.8 Å². The zero-order chi connectivity index (χ0) is 22.4. The molecule has 0 N–H and O–H groups in total. The van der Waals surface area contributed by atoms with E-state index in [4.69, 9.17) is 14.2 Å². The first-order valence-electron chi connectivity index (χ1n) is 11.1. The number of fused-ring (bicyclic) bond motifs is 5. The molecule has 6 nitrogen and oxygen atoms in total. The van der Waals surface area contributed by atoms with Gasteiger partial charge in [0.25, 0.3) is 0 Å². The van der Waals surface area contributed by atoms with Crippen LogP contribution in [0.2, 0.25) is 0 Å². The molecule has 0 unspecified atom stereocenters. The third-order valence-corrected chi connectivity index (χ3v) is 7.51. The van der Waals surface area contributed by atoms with E-state index < -0.39 is 11.2 Å². The van der Waals surface area contributed by atoms with Crippen LogP contribution in [0.4, 0.5) is 0 Å². The van der Waals surface area contributed by atoms with Crippen LogP contribution in [0.5, 0.6) is 0 Å². The molecule has 0 aromatic rings. The van der Waals surface area contributed by atoms with Crippen LogP contribution in [0, 0.1) is 23.7 Å². The Morgan fingerprint density at radius 2 is 1.70 bits per heavy atom. The quantitative estimate of drug-likeness (QED) is 0.642. The SMILES string of the molecule is CC(=O)O[C@]1(C)CC[C@H](C(C)C)[C@@H]2[C@H]1[C@@H]1/C=C(/C)C(=O)CC[C@@](C)(OC(C)=O)[C@H]2O1. The number of carbonyl (C=O) groups excluding carboxylic acids is 3. The standard InChI is InChI=1S/C24H36O6/c1-13(2)17-8-10-23(6,29-15(4)25)21-19-12-14(3)18(27)9-11-24(7,30-16(5)26)22(28-19)20(17)21/h12-13,17,19-22H,8-11H2,1-7H3/b14-12-/t17-,19+,20-,21-,22+,23-,24-/m1/s1. The molecule has 3 rings (SSSR count). The number of hydrogen-bond donors (Lipinski definition) is 0. The van der Waals surface area contributed by atoms with Gasteiger partial charge in [-0.1, -0.05) is 13.8 Å². The Bertz CT molecular complexity index is 755. The predicted molar refractivity (Wildman–Crippen MR) is 112 cm³/mol. The molecule has 3 aliphatic rings. The minimum Gasteiger partial charge on any atom is -0.459 e. The Labute approximate surface area is 179 Å². The summed E-state index contributed by atoms with van der Waals surface area (Å²) in [5.74, 6) is 0.0301. The van der Waals surface area contributed by atoms with E-state index in [1.165, 1.54) is 13.8 Å². The normalized spacial score (nSPS) is 43.0. The second-order valence-corrected chi connectivity index (χ2v) is 10.2. The molecule has 1 saturated carbocycles. The van der Waals surface area contributed by atoms with Gasteiger partial charge in [0.2, 0.25) is 0 Å². The van der Waals surface area contributed by atoms with Crippen molar-refractivity contribution in [1.29, 1.82) is 0 Å². The molecule has 0 amide bonds. The number of carbonyl (C=O) groups is 3. The Balaban J connectivity index is 2.17. The van der Waals surface area contributed by atoms with Gasteiger partial charge in [-0.05, 0) is 63.5 Å². The topological polar surface area (TPSA) is 78.9 Å². The van der Waals surface area contributed by atoms with Gasteiger partial charge >= 0.3 is 11.9 Å². The second kappa shape index (κ2) is 8.10. The van der Waals surface area contributed by atoms with E-state index in [9.17, 15) is 14.4 Å². The van der Waals surface area contributed by atoms with Gasteiger partial charge in [-0.3, -0.25) is 14.4 Å². The summed E-state index contributed by atoms with van der Waals surface area (Å²) >= 11 is 0. The molecule has 2 fully saturated rings. The van der Waals surface area contributed by atoms with Gasteiger partial charge in [-0.15, -0.1) is 0 Å². The summed E-state index contributed by atoms with van der Waals surface area (Å²) in [7, 11) is 0. The highest BCUT2D eigenvalue weighted by Crippen LogP contribution is 2.57. The zero-order valence-corrected chi connectivity index (χ0v) is 19.3. The van der Waals surface area contributed by atoms with Crippen LogP contribution in [-0.4, -0.2) is 41.1 Å². The zero-order valence-electron chi connectivity index (χ0n) is 19.3. The van der Waals surface area contributed by atoms with Crippen molar-refractivity contribution in [3.8, 4) is 0 Å². The molecule has 2 aliphatic heterocycles. The van der Waals surface area contributed by atoms with E-state index in [2.05, 4.69) is 13.8 Å². The summed E-state index contributed by atoms with van der Waals surface area (Å²) in [6.07, 6.45) is 3.54. The molecule has 2 heterocycles. The highest BCUT2D eigenvalue weighted by atomic mass is 16.6. The van der Waals surface area contributed by atoms with Gasteiger partial charge in [0.15, 0.2) is 5.78 Å². The van der Waals surface area contributed by atoms with Crippen molar-refractivity contribution in [1.82, 2.24) is 0 Å². The van der Waals surface area contributed by atoms with Gasteiger partial charge in [-0.25, -0.2) is 0 Å². The first kappa shape index (κ1) is 23.0. The maximum absolute atomic E-state index is 12.7. The van der Waals surface area contributed by atoms with Gasteiger partial charge in [-0.2, -0.15) is 0 Å². The van der Waals surface area contributed by atoms with Crippen molar-refractivity contribution in [2.75, 3.05) is 0 Å². The van der Waals surface area contributed by atoms with Crippen molar-refractivity contribution in [2.45, 2.75) is 97.6 Å². The summed E-state index contributed by atoms with van der Waals surface area (Å²) in [4.78, 5) is 36.7. The third kappa shape index (κ3) is 4.08. The molecule has 1 aliphatic carbocycles. The maximum atomic E-state index is 12.7. The van der Waals surface area contributed by atoms with Crippen LogP contribution in [0.3, 0.4) is 0 Å². The van der Waals surface area contributed by atoms with Crippen LogP contribution in [0.15, 0.2) is 11.6 Å². The summed E-state index contributed by atoms with van der Waals surface area (Å²) in [6.45, 7) is 12.9. The third-order valence-electron chi connectivity index (χ3n) is 7.51. The monoisotopic (exact) mass is 420 g/mol. The number of ketones is 1. The first-order valence-corrected chi connectivity index (χ1v) is 11.1. The fourth-order valence-corrected chi connectivity index (χ4v) is 6.21. The smallest absolute Gasteiger partial charge is 0.303 e. The van der Waals surface area contributed by atoms with Crippen LogP contribution in [0.25, 0.3) is 0 Å². The minimum absolute atomic E-state index is 0.0338. The summed E-state index contributed by atoms with van der Waals surface area (Å²) in [5, 5.41) is 0. The van der Waals surface area contributed by atoms with Crippen LogP contribution in [0.1, 0.15) is 74.1 Å². The molecule has 168 valence electrons. The molecule has 30 heavy (non-hydrogen) atoms. The maximum Gasteiger partial charge on any atom is 0.303 e. The molecule has 1 saturated heterocycles. The first-order chi connectivity index (χ1) is 13.9. The fraction of sp³-hybridized carbons (Fsp3) is 0.792. The molecule has 0 aromatic heterocycles. The van der Waals surface area contributed by atoms with Gasteiger partial charge in [0.1, 0.15) is 17.3 Å². The van der Waals surface area contributed by atoms with Gasteiger partial charge < -0.3 is 14.2 Å². The second-order valence-electron chi connectivity index (χ2n) is 10.2. The van der Waals surface area contributed by atoms with Crippen LogP contribution >= 0.6 is 0 Å². The molecule has 6 heteroatoms. The van der Waals surface area contributed by atoms with E-state index in [0.29, 0.717) is 30.3 Å². The lowest BCUT2D eigenvalue weighted by Crippen LogP contribution is -2.56. The predicted octanol–water partition coefficient (Wildman–Crippen LogP) is 4.01. The largest absolute Gasteiger partial charge is 0.459 e. The Morgan fingerprint density at radius 1 is 1.10 bits per heavy atom. The minimum atomic E-state index is -0.917.